The number of nitrogens with zero attached hydrogens (tertiary/aromatic N) is 4. The van der Waals surface area contributed by atoms with Crippen LogP contribution in [0.2, 0.25) is 0 Å². The molecule has 0 spiro atoms. The number of fused-ring (bicyclic) bond motifs is 2. The Hall–Kier alpha value is -2.09. The summed E-state index contributed by atoms with van der Waals surface area (Å²) < 4.78 is 11.5. The summed E-state index contributed by atoms with van der Waals surface area (Å²) in [5, 5.41) is 8.26. The van der Waals surface area contributed by atoms with Gasteiger partial charge in [-0.2, -0.15) is 0 Å². The summed E-state index contributed by atoms with van der Waals surface area (Å²) in [6.07, 6.45) is 0. The van der Waals surface area contributed by atoms with E-state index < -0.39 is 0 Å². The number of para-hydroxylation sites is 2. The molecule has 0 fully saturated rings. The molecule has 3 rings (SSSR count). The van der Waals surface area contributed by atoms with Crippen molar-refractivity contribution in [2.45, 2.75) is 13.8 Å². The number of ether oxygens (including phenoxy) is 2. The summed E-state index contributed by atoms with van der Waals surface area (Å²) in [7, 11) is 1.99. The third kappa shape index (κ3) is 4.50. The molecular formula is C17H25ClN4O3. The summed E-state index contributed by atoms with van der Waals surface area (Å²) >= 11 is 0. The molecule has 1 aromatic carbocycles. The van der Waals surface area contributed by atoms with E-state index in [1.807, 2.05) is 42.3 Å². The van der Waals surface area contributed by atoms with E-state index in [2.05, 4.69) is 28.9 Å². The zero-order chi connectivity index (χ0) is 16.2. The lowest BCUT2D eigenvalue weighted by Crippen LogP contribution is -2.28. The molecule has 0 unspecified atom stereocenters. The van der Waals surface area contributed by atoms with Crippen LogP contribution in [-0.2, 0) is 0 Å². The van der Waals surface area contributed by atoms with Gasteiger partial charge in [0.15, 0.2) is 5.75 Å². The molecule has 1 aliphatic rings. The molecule has 0 saturated heterocycles. The number of anilines is 2. The van der Waals surface area contributed by atoms with Gasteiger partial charge >= 0.3 is 0 Å². The Morgan fingerprint density at radius 2 is 1.84 bits per heavy atom. The first-order valence-electron chi connectivity index (χ1n) is 7.96. The molecule has 2 heterocycles. The first kappa shape index (κ1) is 21.0. The predicted molar refractivity (Wildman–Crippen MR) is 101 cm³/mol. The van der Waals surface area contributed by atoms with Crippen molar-refractivity contribution < 1.29 is 14.9 Å². The molecule has 0 bridgehead atoms. The molecule has 2 aromatic rings. The Morgan fingerprint density at radius 3 is 2.56 bits per heavy atom. The van der Waals surface area contributed by atoms with Crippen molar-refractivity contribution >= 4 is 23.8 Å². The van der Waals surface area contributed by atoms with Gasteiger partial charge < -0.3 is 24.7 Å². The monoisotopic (exact) mass is 368 g/mol. The highest BCUT2D eigenvalue weighted by Crippen LogP contribution is 2.44. The minimum Gasteiger partial charge on any atom is -0.475 e. The third-order valence-corrected chi connectivity index (χ3v) is 4.07. The van der Waals surface area contributed by atoms with Crippen LogP contribution in [0.4, 0.5) is 11.4 Å². The van der Waals surface area contributed by atoms with Crippen molar-refractivity contribution in [2.75, 3.05) is 38.2 Å². The van der Waals surface area contributed by atoms with E-state index >= 15 is 0 Å². The smallest absolute Gasteiger partial charge is 0.263 e. The Balaban J connectivity index is 0.00000156. The van der Waals surface area contributed by atoms with E-state index in [9.17, 15) is 0 Å². The van der Waals surface area contributed by atoms with Gasteiger partial charge in [-0.25, -0.2) is 0 Å². The third-order valence-electron chi connectivity index (χ3n) is 4.07. The Morgan fingerprint density at radius 1 is 1.12 bits per heavy atom. The molecule has 0 saturated carbocycles. The van der Waals surface area contributed by atoms with Crippen LogP contribution >= 0.6 is 12.4 Å². The first-order chi connectivity index (χ1) is 11.2. The second kappa shape index (κ2) is 9.41. The van der Waals surface area contributed by atoms with Crippen molar-refractivity contribution in [3.63, 3.8) is 0 Å². The highest BCUT2D eigenvalue weighted by atomic mass is 35.5. The minimum absolute atomic E-state index is 0. The fourth-order valence-electron chi connectivity index (χ4n) is 2.61. The predicted octanol–water partition coefficient (Wildman–Crippen LogP) is 2.67. The molecule has 0 aliphatic carbocycles. The molecular weight excluding hydrogens is 344 g/mol. The van der Waals surface area contributed by atoms with Gasteiger partial charge in [0.1, 0.15) is 12.3 Å². The molecule has 8 heteroatoms. The van der Waals surface area contributed by atoms with Crippen LogP contribution in [0.1, 0.15) is 13.8 Å². The average Bonchev–Trinajstić information content (AvgIpc) is 2.59. The standard InChI is InChI=1S/C17H22N4O2.ClH.H2O/c1-4-21(5-2)10-11-22-16-12-14-17(19-18-16)23-15-9-7-6-8-13(15)20(14)3;;/h6-9,12H,4-5,10-11H2,1-3H3;1H;1H2. The van der Waals surface area contributed by atoms with Crippen LogP contribution in [0.15, 0.2) is 30.3 Å². The van der Waals surface area contributed by atoms with Gasteiger partial charge in [0.2, 0.25) is 5.88 Å². The summed E-state index contributed by atoms with van der Waals surface area (Å²) in [4.78, 5) is 4.34. The van der Waals surface area contributed by atoms with Gasteiger partial charge in [-0.05, 0) is 25.2 Å². The zero-order valence-electron chi connectivity index (χ0n) is 14.7. The lowest BCUT2D eigenvalue weighted by molar-refractivity contribution is 0.216. The maximum absolute atomic E-state index is 5.80. The Kier molecular flexibility index (Phi) is 7.89. The lowest BCUT2D eigenvalue weighted by Gasteiger charge is -2.28. The summed E-state index contributed by atoms with van der Waals surface area (Å²) in [6, 6.07) is 9.74. The number of rotatable bonds is 6. The van der Waals surface area contributed by atoms with E-state index in [1.54, 1.807) is 0 Å². The topological polar surface area (TPSA) is 82.2 Å². The van der Waals surface area contributed by atoms with Gasteiger partial charge in [-0.1, -0.05) is 26.0 Å². The average molecular weight is 369 g/mol. The lowest BCUT2D eigenvalue weighted by atomic mass is 10.2. The summed E-state index contributed by atoms with van der Waals surface area (Å²) in [5.74, 6) is 1.81. The Bertz CT molecular complexity index is 683. The van der Waals surface area contributed by atoms with E-state index in [4.69, 9.17) is 9.47 Å². The van der Waals surface area contributed by atoms with Crippen molar-refractivity contribution in [1.82, 2.24) is 15.1 Å². The molecule has 2 N–H and O–H groups in total. The second-order valence-electron chi connectivity index (χ2n) is 5.38. The summed E-state index contributed by atoms with van der Waals surface area (Å²) in [5.41, 5.74) is 1.86. The SMILES string of the molecule is CCN(CC)CCOc1cc2c(nn1)Oc1ccccc1N2C.Cl.O. The molecule has 0 radical (unpaired) electrons. The van der Waals surface area contributed by atoms with Crippen LogP contribution in [0, 0.1) is 0 Å². The molecule has 1 aliphatic heterocycles. The van der Waals surface area contributed by atoms with E-state index in [0.717, 1.165) is 36.8 Å². The largest absolute Gasteiger partial charge is 0.475 e. The van der Waals surface area contributed by atoms with Crippen LogP contribution in [0.5, 0.6) is 17.5 Å². The minimum atomic E-state index is 0. The molecule has 7 nitrogen and oxygen atoms in total. The number of hydrogen-bond acceptors (Lipinski definition) is 6. The van der Waals surface area contributed by atoms with Crippen LogP contribution in [0.3, 0.4) is 0 Å². The molecule has 1 aromatic heterocycles. The van der Waals surface area contributed by atoms with E-state index in [-0.39, 0.29) is 17.9 Å². The molecule has 138 valence electrons. The van der Waals surface area contributed by atoms with Gasteiger partial charge in [-0.15, -0.1) is 22.6 Å². The molecule has 0 amide bonds. The zero-order valence-corrected chi connectivity index (χ0v) is 15.5. The molecule has 0 atom stereocenters. The fraction of sp³-hybridized carbons (Fsp3) is 0.412. The van der Waals surface area contributed by atoms with Crippen molar-refractivity contribution in [3.05, 3.63) is 30.3 Å². The van der Waals surface area contributed by atoms with Crippen LogP contribution in [-0.4, -0.2) is 53.9 Å². The fourth-order valence-corrected chi connectivity index (χ4v) is 2.61. The Labute approximate surface area is 154 Å². The number of benzene rings is 1. The normalized spacial score (nSPS) is 11.6. The number of aromatic nitrogens is 2. The quantitative estimate of drug-likeness (QED) is 0.779. The van der Waals surface area contributed by atoms with Crippen molar-refractivity contribution in [3.8, 4) is 17.5 Å². The van der Waals surface area contributed by atoms with Gasteiger partial charge in [0.25, 0.3) is 5.88 Å². The van der Waals surface area contributed by atoms with E-state index in [1.165, 1.54) is 0 Å². The summed E-state index contributed by atoms with van der Waals surface area (Å²) in [6.45, 7) is 7.79. The number of likely N-dealkylation sites (N-methyl/N-ethyl adjacent to an activating group) is 1. The van der Waals surface area contributed by atoms with Crippen LogP contribution in [0.25, 0.3) is 0 Å². The van der Waals surface area contributed by atoms with Gasteiger partial charge in [-0.3, -0.25) is 0 Å². The van der Waals surface area contributed by atoms with Gasteiger partial charge in [0.05, 0.1) is 5.69 Å². The van der Waals surface area contributed by atoms with Crippen LogP contribution < -0.4 is 14.4 Å². The highest BCUT2D eigenvalue weighted by Gasteiger charge is 2.23. The number of hydrogen-bond donors (Lipinski definition) is 0. The second-order valence-corrected chi connectivity index (χ2v) is 5.38. The van der Waals surface area contributed by atoms with Crippen molar-refractivity contribution in [1.29, 1.82) is 0 Å². The number of halogens is 1. The van der Waals surface area contributed by atoms with Gasteiger partial charge in [0, 0.05) is 19.7 Å². The maximum atomic E-state index is 5.80. The van der Waals surface area contributed by atoms with E-state index in [0.29, 0.717) is 18.4 Å². The highest BCUT2D eigenvalue weighted by molar-refractivity contribution is 5.85. The molecule has 25 heavy (non-hydrogen) atoms. The maximum Gasteiger partial charge on any atom is 0.263 e. The first-order valence-corrected chi connectivity index (χ1v) is 7.96. The van der Waals surface area contributed by atoms with Crippen molar-refractivity contribution in [2.24, 2.45) is 0 Å².